The van der Waals surface area contributed by atoms with Gasteiger partial charge in [-0.25, -0.2) is 14.4 Å². The van der Waals surface area contributed by atoms with Gasteiger partial charge in [-0.05, 0) is 17.9 Å². The lowest BCUT2D eigenvalue weighted by Gasteiger charge is -2.13. The molecule has 0 saturated heterocycles. The van der Waals surface area contributed by atoms with Crippen molar-refractivity contribution in [3.63, 3.8) is 0 Å². The molecule has 0 amide bonds. The third kappa shape index (κ3) is 3.10. The molecule has 1 aromatic rings. The largest absolute Gasteiger partial charge is 0.560 e. The number of hydrogen-bond acceptors (Lipinski definition) is 4. The lowest BCUT2D eigenvalue weighted by atomic mass is 9.83. The molecule has 0 aromatic heterocycles. The third-order valence-electron chi connectivity index (χ3n) is 1.84. The highest BCUT2D eigenvalue weighted by atomic mass is 19.1. The van der Waals surface area contributed by atoms with Gasteiger partial charge in [0.15, 0.2) is 5.75 Å². The van der Waals surface area contributed by atoms with Crippen molar-refractivity contribution in [2.24, 2.45) is 0 Å². The molecular weight excluding hydrogens is 230 g/mol. The number of carboxylic acid groups (broad SMARTS) is 1. The molecular formula is C10H11BFO5. The van der Waals surface area contributed by atoms with Crippen LogP contribution in [0.2, 0.25) is 5.82 Å². The first kappa shape index (κ1) is 13.3. The second kappa shape index (κ2) is 5.54. The molecule has 2 N–H and O–H groups in total. The quantitative estimate of drug-likeness (QED) is 0.469. The van der Waals surface area contributed by atoms with Crippen LogP contribution in [0.5, 0.6) is 11.5 Å². The molecule has 0 fully saturated rings. The normalized spacial score (nSPS) is 10.2. The Morgan fingerprint density at radius 1 is 1.47 bits per heavy atom. The first-order chi connectivity index (χ1) is 7.97. The maximum atomic E-state index is 13.3. The van der Waals surface area contributed by atoms with Gasteiger partial charge in [-0.2, -0.15) is 0 Å². The lowest BCUT2D eigenvalue weighted by molar-refractivity contribution is -0.138. The molecule has 0 aliphatic heterocycles. The summed E-state index contributed by atoms with van der Waals surface area (Å²) < 4.78 is 18.4. The van der Waals surface area contributed by atoms with Gasteiger partial charge in [0.25, 0.3) is 0 Å². The lowest BCUT2D eigenvalue weighted by Crippen LogP contribution is -2.12. The number of carbonyl (C=O) groups is 1. The van der Waals surface area contributed by atoms with Gasteiger partial charge >= 0.3 is 13.5 Å². The first-order valence-corrected chi connectivity index (χ1v) is 4.84. The van der Waals surface area contributed by atoms with E-state index in [0.29, 0.717) is 0 Å². The van der Waals surface area contributed by atoms with E-state index in [1.165, 1.54) is 7.48 Å². The van der Waals surface area contributed by atoms with E-state index < -0.39 is 17.3 Å². The highest BCUT2D eigenvalue weighted by Gasteiger charge is 2.22. The van der Waals surface area contributed by atoms with E-state index in [0.717, 1.165) is 12.1 Å². The summed E-state index contributed by atoms with van der Waals surface area (Å²) in [6, 6.07) is 1.95. The molecule has 0 aliphatic carbocycles. The molecule has 0 spiro atoms. The van der Waals surface area contributed by atoms with Crippen LogP contribution in [-0.2, 0) is 0 Å². The van der Waals surface area contributed by atoms with Crippen LogP contribution in [0.25, 0.3) is 0 Å². The van der Waals surface area contributed by atoms with Crippen LogP contribution in [0.15, 0.2) is 12.1 Å². The van der Waals surface area contributed by atoms with Crippen LogP contribution in [0, 0.1) is 5.82 Å². The Balaban J connectivity index is 3.20. The number of rotatable bonds is 5. The maximum absolute atomic E-state index is 13.3. The van der Waals surface area contributed by atoms with Crippen molar-refractivity contribution in [3.05, 3.63) is 23.5 Å². The fourth-order valence-electron chi connectivity index (χ4n) is 1.13. The Bertz CT molecular complexity index is 421. The number of aromatic carboxylic acids is 1. The second-order valence-electron chi connectivity index (χ2n) is 3.64. The molecule has 0 bridgehead atoms. The minimum atomic E-state index is -1.51. The molecule has 0 heterocycles. The van der Waals surface area contributed by atoms with Gasteiger partial charge in [-0.15, -0.1) is 0 Å². The van der Waals surface area contributed by atoms with Crippen LogP contribution < -0.4 is 9.54 Å². The second-order valence-corrected chi connectivity index (χ2v) is 3.64. The van der Waals surface area contributed by atoms with Gasteiger partial charge in [-0.1, -0.05) is 13.8 Å². The van der Waals surface area contributed by atoms with Gasteiger partial charge < -0.3 is 14.6 Å². The summed E-state index contributed by atoms with van der Waals surface area (Å²) in [4.78, 5) is 14.8. The standard InChI is InChI=1S/C10H11BFO5/c1-5(2)11-16-9-7(17-15)4-3-6(12)8(9)10(13)14/h3-5,15H,1-2H3,(H,13,14). The van der Waals surface area contributed by atoms with Gasteiger partial charge in [0.05, 0.1) is 0 Å². The predicted octanol–water partition coefficient (Wildman–Crippen LogP) is 2.20. The zero-order valence-electron chi connectivity index (χ0n) is 9.31. The molecule has 0 atom stereocenters. The topological polar surface area (TPSA) is 76.0 Å². The van der Waals surface area contributed by atoms with Gasteiger partial charge in [-0.3, -0.25) is 0 Å². The summed E-state index contributed by atoms with van der Waals surface area (Å²) in [7, 11) is 1.31. The zero-order chi connectivity index (χ0) is 13.0. The van der Waals surface area contributed by atoms with Crippen LogP contribution in [0.4, 0.5) is 4.39 Å². The van der Waals surface area contributed by atoms with Crippen LogP contribution in [-0.4, -0.2) is 23.8 Å². The smallest absolute Gasteiger partial charge is 0.372 e. The SMILES string of the molecule is CC(C)[B]Oc1c(OO)ccc(F)c1C(=O)O. The average Bonchev–Trinajstić information content (AvgIpc) is 2.25. The van der Waals surface area contributed by atoms with Crippen LogP contribution >= 0.6 is 0 Å². The van der Waals surface area contributed by atoms with Crippen molar-refractivity contribution in [1.29, 1.82) is 0 Å². The fraction of sp³-hybridized carbons (Fsp3) is 0.300. The summed E-state index contributed by atoms with van der Waals surface area (Å²) in [5.74, 6) is -3.11. The van der Waals surface area contributed by atoms with Crippen molar-refractivity contribution in [3.8, 4) is 11.5 Å². The van der Waals surface area contributed by atoms with E-state index in [1.807, 2.05) is 0 Å². The molecule has 1 rings (SSSR count). The van der Waals surface area contributed by atoms with E-state index in [4.69, 9.17) is 15.0 Å². The molecule has 0 saturated carbocycles. The average molecular weight is 241 g/mol. The van der Waals surface area contributed by atoms with Crippen molar-refractivity contribution in [2.45, 2.75) is 19.7 Å². The maximum Gasteiger partial charge on any atom is 0.372 e. The van der Waals surface area contributed by atoms with Crippen LogP contribution in [0.3, 0.4) is 0 Å². The summed E-state index contributed by atoms with van der Waals surface area (Å²) in [6.07, 6.45) is 0. The highest BCUT2D eigenvalue weighted by molar-refractivity contribution is 6.30. The fourth-order valence-corrected chi connectivity index (χ4v) is 1.13. The summed E-state index contributed by atoms with van der Waals surface area (Å²) in [5, 5.41) is 17.4. The van der Waals surface area contributed by atoms with Gasteiger partial charge in [0.1, 0.15) is 11.4 Å². The predicted molar refractivity (Wildman–Crippen MR) is 58.1 cm³/mol. The molecule has 1 radical (unpaired) electrons. The Morgan fingerprint density at radius 3 is 2.59 bits per heavy atom. The van der Waals surface area contributed by atoms with E-state index in [1.54, 1.807) is 13.8 Å². The van der Waals surface area contributed by atoms with E-state index in [-0.39, 0.29) is 17.3 Å². The first-order valence-electron chi connectivity index (χ1n) is 4.84. The Labute approximate surface area is 98.0 Å². The summed E-state index contributed by atoms with van der Waals surface area (Å²) in [6.45, 7) is 3.58. The third-order valence-corrected chi connectivity index (χ3v) is 1.84. The Morgan fingerprint density at radius 2 is 2.12 bits per heavy atom. The van der Waals surface area contributed by atoms with E-state index >= 15 is 0 Å². The number of carboxylic acids is 1. The van der Waals surface area contributed by atoms with Crippen molar-refractivity contribution in [2.75, 3.05) is 0 Å². The molecule has 91 valence electrons. The van der Waals surface area contributed by atoms with E-state index in [9.17, 15) is 9.18 Å². The van der Waals surface area contributed by atoms with E-state index in [2.05, 4.69) is 4.89 Å². The Hall–Kier alpha value is -1.76. The van der Waals surface area contributed by atoms with Gasteiger partial charge in [0.2, 0.25) is 5.75 Å². The minimum Gasteiger partial charge on any atom is -0.560 e. The molecule has 1 aromatic carbocycles. The molecule has 0 unspecified atom stereocenters. The monoisotopic (exact) mass is 241 g/mol. The number of halogens is 1. The molecule has 0 aliphatic rings. The van der Waals surface area contributed by atoms with Crippen molar-refractivity contribution >= 4 is 13.5 Å². The van der Waals surface area contributed by atoms with Crippen molar-refractivity contribution in [1.82, 2.24) is 0 Å². The van der Waals surface area contributed by atoms with Gasteiger partial charge in [0, 0.05) is 0 Å². The molecule has 7 heteroatoms. The highest BCUT2D eigenvalue weighted by Crippen LogP contribution is 2.33. The minimum absolute atomic E-state index is 0.00791. The number of hydrogen-bond donors (Lipinski definition) is 2. The van der Waals surface area contributed by atoms with Crippen LogP contribution in [0.1, 0.15) is 24.2 Å². The molecule has 5 nitrogen and oxygen atoms in total. The summed E-state index contributed by atoms with van der Waals surface area (Å²) >= 11 is 0. The van der Waals surface area contributed by atoms with Crippen molar-refractivity contribution < 1.29 is 29.1 Å². The Kier molecular flexibility index (Phi) is 4.34. The summed E-state index contributed by atoms with van der Waals surface area (Å²) in [5.41, 5.74) is -0.687. The number of benzene rings is 1. The zero-order valence-corrected chi connectivity index (χ0v) is 9.31. The molecule has 17 heavy (non-hydrogen) atoms.